The number of methoxy groups -OCH3 is 1. The molecule has 1 aromatic carbocycles. The number of para-hydroxylation sites is 1. The lowest BCUT2D eigenvalue weighted by Gasteiger charge is -2.45. The topological polar surface area (TPSA) is 69.4 Å². The third-order valence-electron chi connectivity index (χ3n) is 6.79. The summed E-state index contributed by atoms with van der Waals surface area (Å²) in [6, 6.07) is 8.90. The summed E-state index contributed by atoms with van der Waals surface area (Å²) in [7, 11) is 1.70. The van der Waals surface area contributed by atoms with Crippen LogP contribution in [0.4, 0.5) is 0 Å². The van der Waals surface area contributed by atoms with Gasteiger partial charge in [0.25, 0.3) is 5.91 Å². The summed E-state index contributed by atoms with van der Waals surface area (Å²) in [4.78, 5) is 19.0. The average Bonchev–Trinajstić information content (AvgIpc) is 3.24. The minimum absolute atomic E-state index is 0.0108. The molecule has 1 saturated carbocycles. The number of benzene rings is 1. The van der Waals surface area contributed by atoms with Gasteiger partial charge in [0.15, 0.2) is 0 Å². The average molecular weight is 407 g/mol. The van der Waals surface area contributed by atoms with Gasteiger partial charge in [-0.15, -0.1) is 0 Å². The van der Waals surface area contributed by atoms with Crippen LogP contribution in [0.3, 0.4) is 0 Å². The molecule has 0 unspecified atom stereocenters. The van der Waals surface area contributed by atoms with Gasteiger partial charge in [-0.2, -0.15) is 0 Å². The number of hydrogen-bond acceptors (Lipinski definition) is 4. The fourth-order valence-electron chi connectivity index (χ4n) is 5.59. The monoisotopic (exact) mass is 406 g/mol. The van der Waals surface area contributed by atoms with Crippen LogP contribution in [-0.4, -0.2) is 48.1 Å². The summed E-state index contributed by atoms with van der Waals surface area (Å²) in [5.74, 6) is 0.0108. The maximum atomic E-state index is 13.1. The summed E-state index contributed by atoms with van der Waals surface area (Å²) in [6.45, 7) is 7.50. The largest absolute Gasteiger partial charge is 0.382 e. The second-order valence-electron chi connectivity index (χ2n) is 8.75. The third-order valence-corrected chi connectivity index (χ3v) is 6.79. The normalized spacial score (nSPS) is 26.1. The number of aromatic amines is 1. The van der Waals surface area contributed by atoms with Gasteiger partial charge in [0.05, 0.1) is 30.3 Å². The molecule has 2 aromatic rings. The highest BCUT2D eigenvalue weighted by molar-refractivity contribution is 5.99. The first-order valence-corrected chi connectivity index (χ1v) is 10.9. The second kappa shape index (κ2) is 7.51. The summed E-state index contributed by atoms with van der Waals surface area (Å²) >= 11 is 0. The zero-order chi connectivity index (χ0) is 20.8. The first-order chi connectivity index (χ1) is 14.6. The van der Waals surface area contributed by atoms with Crippen LogP contribution in [-0.2, 0) is 9.53 Å². The van der Waals surface area contributed by atoms with Crippen molar-refractivity contribution in [3.05, 3.63) is 59.1 Å². The van der Waals surface area contributed by atoms with Gasteiger partial charge in [-0.3, -0.25) is 4.79 Å². The van der Waals surface area contributed by atoms with Crippen LogP contribution in [0, 0.1) is 6.92 Å². The number of fused-ring (bicyclic) bond motifs is 2. The van der Waals surface area contributed by atoms with E-state index >= 15 is 0 Å². The standard InChI is InChI=1S/C24H30N4O2/c1-14-11-16-7-6-8-17(22(16)26-14)23-21-19(12-25-24(21)29)27-18-9-4-5-10-20(18)28(23)15(2)13-30-3/h6-8,11,18,20,23,26-27H,2,4-5,9-10,12-13H2,1,3H3,(H,25,29)/t18-,20-,23-/m1/s1. The van der Waals surface area contributed by atoms with Crippen molar-refractivity contribution in [1.29, 1.82) is 0 Å². The number of ether oxygens (including phenoxy) is 1. The van der Waals surface area contributed by atoms with E-state index in [0.29, 0.717) is 19.2 Å². The van der Waals surface area contributed by atoms with Gasteiger partial charge in [0, 0.05) is 47.2 Å². The maximum absolute atomic E-state index is 13.1. The van der Waals surface area contributed by atoms with E-state index < -0.39 is 0 Å². The van der Waals surface area contributed by atoms with Gasteiger partial charge < -0.3 is 25.3 Å². The van der Waals surface area contributed by atoms with E-state index in [2.05, 4.69) is 58.3 Å². The molecule has 0 bridgehead atoms. The number of carbonyl (C=O) groups is 1. The predicted octanol–water partition coefficient (Wildman–Crippen LogP) is 3.28. The Labute approximate surface area is 177 Å². The molecule has 1 aromatic heterocycles. The molecule has 3 aliphatic rings. The molecule has 1 amide bonds. The Balaban J connectivity index is 1.74. The summed E-state index contributed by atoms with van der Waals surface area (Å²) in [5, 5.41) is 7.98. The molecule has 3 N–H and O–H groups in total. The molecule has 0 saturated heterocycles. The zero-order valence-corrected chi connectivity index (χ0v) is 17.8. The highest BCUT2D eigenvalue weighted by Crippen LogP contribution is 2.43. The van der Waals surface area contributed by atoms with Crippen LogP contribution in [0.15, 0.2) is 47.8 Å². The Morgan fingerprint density at radius 3 is 2.97 bits per heavy atom. The van der Waals surface area contributed by atoms with E-state index in [1.54, 1.807) is 7.11 Å². The SMILES string of the molecule is C=C(COC)N1[C@@H]2CCCC[C@H]2NC2=C(C(=O)NC2)[C@H]1c1cccc2cc(C)[nH]c12. The van der Waals surface area contributed by atoms with E-state index in [4.69, 9.17) is 4.74 Å². The molecule has 30 heavy (non-hydrogen) atoms. The van der Waals surface area contributed by atoms with E-state index in [1.807, 2.05) is 0 Å². The van der Waals surface area contributed by atoms with E-state index in [9.17, 15) is 4.79 Å². The lowest BCUT2D eigenvalue weighted by Crippen LogP contribution is -2.51. The number of rotatable bonds is 4. The Kier molecular flexibility index (Phi) is 4.82. The summed E-state index contributed by atoms with van der Waals surface area (Å²) < 4.78 is 5.51. The first kappa shape index (κ1) is 19.2. The Morgan fingerprint density at radius 1 is 1.30 bits per heavy atom. The lowest BCUT2D eigenvalue weighted by atomic mass is 9.86. The van der Waals surface area contributed by atoms with Crippen LogP contribution in [0.2, 0.25) is 0 Å². The molecule has 5 rings (SSSR count). The van der Waals surface area contributed by atoms with Crippen molar-refractivity contribution in [3.8, 4) is 0 Å². The van der Waals surface area contributed by atoms with Crippen molar-refractivity contribution >= 4 is 16.8 Å². The fraction of sp³-hybridized carbons (Fsp3) is 0.458. The number of nitrogens with one attached hydrogen (secondary N) is 3. The number of hydrogen-bond donors (Lipinski definition) is 3. The van der Waals surface area contributed by atoms with Crippen molar-refractivity contribution in [2.45, 2.75) is 50.7 Å². The molecule has 6 nitrogen and oxygen atoms in total. The van der Waals surface area contributed by atoms with Crippen molar-refractivity contribution in [2.24, 2.45) is 0 Å². The summed E-state index contributed by atoms with van der Waals surface area (Å²) in [5.41, 5.74) is 6.12. The lowest BCUT2D eigenvalue weighted by molar-refractivity contribution is -0.117. The van der Waals surface area contributed by atoms with Gasteiger partial charge in [0.1, 0.15) is 0 Å². The first-order valence-electron chi connectivity index (χ1n) is 10.9. The van der Waals surface area contributed by atoms with Crippen LogP contribution in [0.1, 0.15) is 43.0 Å². The second-order valence-corrected chi connectivity index (χ2v) is 8.75. The minimum atomic E-state index is -0.201. The third kappa shape index (κ3) is 3.01. The van der Waals surface area contributed by atoms with Crippen LogP contribution in [0.5, 0.6) is 0 Å². The number of aromatic nitrogens is 1. The van der Waals surface area contributed by atoms with E-state index in [-0.39, 0.29) is 18.0 Å². The van der Waals surface area contributed by atoms with Gasteiger partial charge in [-0.25, -0.2) is 0 Å². The van der Waals surface area contributed by atoms with Gasteiger partial charge in [-0.05, 0) is 25.8 Å². The van der Waals surface area contributed by atoms with Crippen LogP contribution >= 0.6 is 0 Å². The smallest absolute Gasteiger partial charge is 0.251 e. The fourth-order valence-corrected chi connectivity index (χ4v) is 5.59. The molecule has 0 radical (unpaired) electrons. The predicted molar refractivity (Wildman–Crippen MR) is 118 cm³/mol. The van der Waals surface area contributed by atoms with Gasteiger partial charge in [0.2, 0.25) is 0 Å². The number of aryl methyl sites for hydroxylation is 1. The number of H-pyrrole nitrogens is 1. The van der Waals surface area contributed by atoms with Crippen molar-refractivity contribution in [2.75, 3.05) is 20.3 Å². The summed E-state index contributed by atoms with van der Waals surface area (Å²) in [6.07, 6.45) is 4.58. The number of nitrogens with zero attached hydrogens (tertiary/aromatic N) is 1. The molecule has 3 heterocycles. The Hall–Kier alpha value is -2.73. The molecule has 0 spiro atoms. The minimum Gasteiger partial charge on any atom is -0.382 e. The molecule has 6 heteroatoms. The zero-order valence-electron chi connectivity index (χ0n) is 17.8. The Morgan fingerprint density at radius 2 is 2.13 bits per heavy atom. The van der Waals surface area contributed by atoms with Crippen molar-refractivity contribution < 1.29 is 9.53 Å². The van der Waals surface area contributed by atoms with E-state index in [1.165, 1.54) is 18.2 Å². The molecule has 2 aliphatic heterocycles. The quantitative estimate of drug-likeness (QED) is 0.729. The number of amides is 1. The molecule has 1 aliphatic carbocycles. The van der Waals surface area contributed by atoms with Crippen molar-refractivity contribution in [1.82, 2.24) is 20.5 Å². The highest BCUT2D eigenvalue weighted by atomic mass is 16.5. The molecule has 158 valence electrons. The molecule has 1 fully saturated rings. The van der Waals surface area contributed by atoms with E-state index in [0.717, 1.165) is 46.6 Å². The maximum Gasteiger partial charge on any atom is 0.251 e. The highest BCUT2D eigenvalue weighted by Gasteiger charge is 2.45. The molecular weight excluding hydrogens is 376 g/mol. The van der Waals surface area contributed by atoms with Crippen molar-refractivity contribution in [3.63, 3.8) is 0 Å². The number of carbonyl (C=O) groups excluding carboxylic acids is 1. The van der Waals surface area contributed by atoms with Gasteiger partial charge >= 0.3 is 0 Å². The van der Waals surface area contributed by atoms with Crippen LogP contribution in [0.25, 0.3) is 10.9 Å². The van der Waals surface area contributed by atoms with Gasteiger partial charge in [-0.1, -0.05) is 37.6 Å². The molecule has 3 atom stereocenters. The molecular formula is C24H30N4O2. The Bertz CT molecular complexity index is 1040. The van der Waals surface area contributed by atoms with Crippen LogP contribution < -0.4 is 10.6 Å².